The zero-order valence-corrected chi connectivity index (χ0v) is 11.5. The molecule has 2 nitrogen and oxygen atoms in total. The highest BCUT2D eigenvalue weighted by atomic mass is 16.5. The lowest BCUT2D eigenvalue weighted by Gasteiger charge is -2.02. The van der Waals surface area contributed by atoms with E-state index in [0.717, 1.165) is 37.2 Å². The first-order chi connectivity index (χ1) is 8.74. The van der Waals surface area contributed by atoms with E-state index < -0.39 is 0 Å². The maximum atomic E-state index is 8.82. The first-order valence-electron chi connectivity index (χ1n) is 6.60. The van der Waals surface area contributed by atoms with Gasteiger partial charge in [0.1, 0.15) is 0 Å². The van der Waals surface area contributed by atoms with Gasteiger partial charge in [-0.3, -0.25) is 0 Å². The Balaban J connectivity index is 3.82. The van der Waals surface area contributed by atoms with Crippen molar-refractivity contribution in [2.45, 2.75) is 32.6 Å². The molecule has 1 N–H and O–H groups in total. The smallest absolute Gasteiger partial charge is 0.0506 e. The van der Waals surface area contributed by atoms with E-state index in [9.17, 15) is 0 Å². The average Bonchev–Trinajstić information content (AvgIpc) is 2.37. The summed E-state index contributed by atoms with van der Waals surface area (Å²) in [5.41, 5.74) is 2.08. The lowest BCUT2D eigenvalue weighted by molar-refractivity contribution is 0.135. The number of ether oxygens (including phenoxy) is 1. The standard InChI is InChI=1S/C16H26O2/c1-4-6-13-18-14-11-15(3)8-7-9-16(5-2)10-12-17/h5,7-9,17H,2-4,6,10-14H2,1H3/b8-7-,16-9+. The van der Waals surface area contributed by atoms with Crippen LogP contribution in [-0.2, 0) is 4.74 Å². The maximum absolute atomic E-state index is 8.82. The fraction of sp³-hybridized carbons (Fsp3) is 0.500. The molecule has 0 atom stereocenters. The van der Waals surface area contributed by atoms with Gasteiger partial charge in [-0.25, -0.2) is 0 Å². The van der Waals surface area contributed by atoms with Crippen LogP contribution in [0.2, 0.25) is 0 Å². The van der Waals surface area contributed by atoms with Gasteiger partial charge in [0, 0.05) is 13.2 Å². The topological polar surface area (TPSA) is 29.5 Å². The summed E-state index contributed by atoms with van der Waals surface area (Å²) in [5, 5.41) is 8.82. The van der Waals surface area contributed by atoms with Gasteiger partial charge in [-0.15, -0.1) is 0 Å². The van der Waals surface area contributed by atoms with Crippen molar-refractivity contribution in [1.29, 1.82) is 0 Å². The molecule has 0 aromatic rings. The van der Waals surface area contributed by atoms with Crippen molar-refractivity contribution in [3.05, 3.63) is 48.6 Å². The lowest BCUT2D eigenvalue weighted by Crippen LogP contribution is -1.96. The normalized spacial score (nSPS) is 12.0. The molecule has 0 aromatic carbocycles. The van der Waals surface area contributed by atoms with Gasteiger partial charge in [0.2, 0.25) is 0 Å². The van der Waals surface area contributed by atoms with Gasteiger partial charge in [0.15, 0.2) is 0 Å². The Bertz CT molecular complexity index is 287. The molecule has 0 aliphatic heterocycles. The zero-order chi connectivity index (χ0) is 13.6. The Labute approximate surface area is 111 Å². The van der Waals surface area contributed by atoms with Crippen LogP contribution in [0.15, 0.2) is 48.6 Å². The minimum Gasteiger partial charge on any atom is -0.396 e. The lowest BCUT2D eigenvalue weighted by atomic mass is 10.1. The molecule has 0 aromatic heterocycles. The highest BCUT2D eigenvalue weighted by Gasteiger charge is 1.91. The number of aliphatic hydroxyl groups is 1. The van der Waals surface area contributed by atoms with Crippen LogP contribution < -0.4 is 0 Å². The molecular weight excluding hydrogens is 224 g/mol. The summed E-state index contributed by atoms with van der Waals surface area (Å²) < 4.78 is 5.47. The largest absolute Gasteiger partial charge is 0.396 e. The molecule has 0 unspecified atom stereocenters. The third-order valence-corrected chi connectivity index (χ3v) is 2.51. The number of rotatable bonds is 11. The molecule has 0 spiro atoms. The van der Waals surface area contributed by atoms with E-state index in [1.807, 2.05) is 18.2 Å². The molecule has 0 rings (SSSR count). The zero-order valence-electron chi connectivity index (χ0n) is 11.5. The monoisotopic (exact) mass is 250 g/mol. The molecular formula is C16H26O2. The van der Waals surface area contributed by atoms with Crippen molar-refractivity contribution < 1.29 is 9.84 Å². The average molecular weight is 250 g/mol. The second-order valence-electron chi connectivity index (χ2n) is 4.15. The summed E-state index contributed by atoms with van der Waals surface area (Å²) in [5.74, 6) is 0. The van der Waals surface area contributed by atoms with E-state index in [0.29, 0.717) is 6.42 Å². The summed E-state index contributed by atoms with van der Waals surface area (Å²) in [6.07, 6.45) is 11.4. The number of hydrogen-bond acceptors (Lipinski definition) is 2. The summed E-state index contributed by atoms with van der Waals surface area (Å²) in [6, 6.07) is 0. The predicted molar refractivity (Wildman–Crippen MR) is 78.6 cm³/mol. The minimum atomic E-state index is 0.151. The summed E-state index contributed by atoms with van der Waals surface area (Å²) >= 11 is 0. The third-order valence-electron chi connectivity index (χ3n) is 2.51. The predicted octanol–water partition coefficient (Wildman–Crippen LogP) is 3.80. The van der Waals surface area contributed by atoms with Crippen LogP contribution >= 0.6 is 0 Å². The summed E-state index contributed by atoms with van der Waals surface area (Å²) in [7, 11) is 0. The Morgan fingerprint density at radius 3 is 2.67 bits per heavy atom. The first-order valence-corrected chi connectivity index (χ1v) is 6.60. The van der Waals surface area contributed by atoms with Crippen molar-refractivity contribution in [1.82, 2.24) is 0 Å². The quantitative estimate of drug-likeness (QED) is 0.446. The molecule has 0 amide bonds. The van der Waals surface area contributed by atoms with Gasteiger partial charge in [-0.05, 0) is 24.8 Å². The van der Waals surface area contributed by atoms with Crippen molar-refractivity contribution >= 4 is 0 Å². The van der Waals surface area contributed by atoms with Crippen LogP contribution in [-0.4, -0.2) is 24.9 Å². The second kappa shape index (κ2) is 12.3. The number of aliphatic hydroxyl groups excluding tert-OH is 1. The van der Waals surface area contributed by atoms with Crippen LogP contribution in [0.1, 0.15) is 32.6 Å². The number of hydrogen-bond donors (Lipinski definition) is 1. The number of unbranched alkanes of at least 4 members (excludes halogenated alkanes) is 1. The third kappa shape index (κ3) is 10.1. The second-order valence-corrected chi connectivity index (χ2v) is 4.15. The van der Waals surface area contributed by atoms with Crippen molar-refractivity contribution in [2.75, 3.05) is 19.8 Å². The Morgan fingerprint density at radius 2 is 2.06 bits per heavy atom. The van der Waals surface area contributed by atoms with Gasteiger partial charge in [0.25, 0.3) is 0 Å². The molecule has 0 saturated heterocycles. The summed E-state index contributed by atoms with van der Waals surface area (Å²) in [6.45, 7) is 11.5. The van der Waals surface area contributed by atoms with Crippen LogP contribution in [0.25, 0.3) is 0 Å². The minimum absolute atomic E-state index is 0.151. The molecule has 0 saturated carbocycles. The molecule has 0 fully saturated rings. The highest BCUT2D eigenvalue weighted by Crippen LogP contribution is 2.05. The van der Waals surface area contributed by atoms with E-state index in [4.69, 9.17) is 9.84 Å². The van der Waals surface area contributed by atoms with Crippen molar-refractivity contribution in [3.63, 3.8) is 0 Å². The van der Waals surface area contributed by atoms with Gasteiger partial charge in [-0.2, -0.15) is 0 Å². The Morgan fingerprint density at radius 1 is 1.28 bits per heavy atom. The van der Waals surface area contributed by atoms with E-state index in [1.165, 1.54) is 6.42 Å². The fourth-order valence-corrected chi connectivity index (χ4v) is 1.33. The van der Waals surface area contributed by atoms with Crippen molar-refractivity contribution in [3.8, 4) is 0 Å². The molecule has 0 heterocycles. The van der Waals surface area contributed by atoms with Gasteiger partial charge in [-0.1, -0.05) is 56.4 Å². The Kier molecular flexibility index (Phi) is 11.6. The molecule has 18 heavy (non-hydrogen) atoms. The molecule has 0 bridgehead atoms. The first kappa shape index (κ1) is 16.9. The molecule has 102 valence electrons. The van der Waals surface area contributed by atoms with Crippen LogP contribution in [0.5, 0.6) is 0 Å². The van der Waals surface area contributed by atoms with Crippen LogP contribution in [0.3, 0.4) is 0 Å². The van der Waals surface area contributed by atoms with Gasteiger partial charge >= 0.3 is 0 Å². The molecule has 0 aliphatic carbocycles. The van der Waals surface area contributed by atoms with E-state index in [-0.39, 0.29) is 6.61 Å². The SMILES string of the molecule is C=C/C(=C\C=C/C(=C)CCOCCCC)CCO. The fourth-order valence-electron chi connectivity index (χ4n) is 1.33. The molecule has 2 heteroatoms. The maximum Gasteiger partial charge on any atom is 0.0506 e. The van der Waals surface area contributed by atoms with Crippen molar-refractivity contribution in [2.24, 2.45) is 0 Å². The summed E-state index contributed by atoms with van der Waals surface area (Å²) in [4.78, 5) is 0. The van der Waals surface area contributed by atoms with Crippen LogP contribution in [0, 0.1) is 0 Å². The molecule has 0 radical (unpaired) electrons. The van der Waals surface area contributed by atoms with E-state index in [1.54, 1.807) is 6.08 Å². The van der Waals surface area contributed by atoms with Gasteiger partial charge in [0.05, 0.1) is 6.61 Å². The van der Waals surface area contributed by atoms with E-state index >= 15 is 0 Å². The highest BCUT2D eigenvalue weighted by molar-refractivity contribution is 5.26. The Hall–Kier alpha value is -1.12. The molecule has 0 aliphatic rings. The van der Waals surface area contributed by atoms with Gasteiger partial charge < -0.3 is 9.84 Å². The number of allylic oxidation sites excluding steroid dienone is 4. The van der Waals surface area contributed by atoms with E-state index in [2.05, 4.69) is 20.1 Å². The van der Waals surface area contributed by atoms with Crippen LogP contribution in [0.4, 0.5) is 0 Å².